The molecule has 2 aromatic carbocycles. The van der Waals surface area contributed by atoms with Gasteiger partial charge in [0.1, 0.15) is 6.61 Å². The van der Waals surface area contributed by atoms with E-state index < -0.39 is 6.04 Å². The van der Waals surface area contributed by atoms with Gasteiger partial charge in [0.2, 0.25) is 12.3 Å². The van der Waals surface area contributed by atoms with E-state index in [1.165, 1.54) is 6.21 Å². The Labute approximate surface area is 141 Å². The van der Waals surface area contributed by atoms with Crippen LogP contribution >= 0.6 is 0 Å². The standard InChI is InChI=1S/C20H19NO3/c22-21(14-19-12-7-13-24-19)20(18-10-5-2-6-11-18)16-23-15-17-8-3-1-4-9-17/h1-14,20H,15-16H2/b21-14-/t20-/m0/s1. The lowest BCUT2D eigenvalue weighted by Gasteiger charge is -2.17. The molecule has 24 heavy (non-hydrogen) atoms. The Morgan fingerprint density at radius 3 is 2.33 bits per heavy atom. The van der Waals surface area contributed by atoms with Crippen LogP contribution in [-0.2, 0) is 11.3 Å². The molecule has 0 spiro atoms. The van der Waals surface area contributed by atoms with E-state index in [2.05, 4.69) is 0 Å². The first-order valence-electron chi connectivity index (χ1n) is 7.83. The minimum atomic E-state index is -0.431. The molecule has 0 amide bonds. The molecule has 1 aromatic heterocycles. The van der Waals surface area contributed by atoms with Gasteiger partial charge in [-0.25, -0.2) is 0 Å². The monoisotopic (exact) mass is 321 g/mol. The largest absolute Gasteiger partial charge is 0.623 e. The van der Waals surface area contributed by atoms with E-state index in [0.29, 0.717) is 19.0 Å². The van der Waals surface area contributed by atoms with E-state index in [0.717, 1.165) is 15.9 Å². The minimum absolute atomic E-state index is 0.291. The van der Waals surface area contributed by atoms with Crippen LogP contribution in [0.25, 0.3) is 0 Å². The number of nitrogens with zero attached hydrogens (tertiary/aromatic N) is 1. The Kier molecular flexibility index (Phi) is 5.43. The van der Waals surface area contributed by atoms with Crippen LogP contribution in [-0.4, -0.2) is 17.6 Å². The third-order valence-corrected chi connectivity index (χ3v) is 3.68. The van der Waals surface area contributed by atoms with E-state index >= 15 is 0 Å². The highest BCUT2D eigenvalue weighted by atomic mass is 16.5. The summed E-state index contributed by atoms with van der Waals surface area (Å²) in [6.07, 6.45) is 2.99. The third kappa shape index (κ3) is 4.33. The van der Waals surface area contributed by atoms with Gasteiger partial charge in [-0.15, -0.1) is 0 Å². The molecule has 0 saturated heterocycles. The van der Waals surface area contributed by atoms with Crippen molar-refractivity contribution in [2.75, 3.05) is 6.61 Å². The highest BCUT2D eigenvalue weighted by Crippen LogP contribution is 2.18. The summed E-state index contributed by atoms with van der Waals surface area (Å²) < 4.78 is 11.9. The number of hydrogen-bond acceptors (Lipinski definition) is 3. The van der Waals surface area contributed by atoms with Crippen molar-refractivity contribution >= 4 is 6.21 Å². The molecule has 0 N–H and O–H groups in total. The van der Waals surface area contributed by atoms with Crippen LogP contribution in [0.1, 0.15) is 22.9 Å². The molecule has 0 saturated carbocycles. The van der Waals surface area contributed by atoms with Crippen LogP contribution in [0.3, 0.4) is 0 Å². The summed E-state index contributed by atoms with van der Waals surface area (Å²) in [5.41, 5.74) is 1.99. The van der Waals surface area contributed by atoms with Crippen LogP contribution in [0.4, 0.5) is 0 Å². The smallest absolute Gasteiger partial charge is 0.218 e. The van der Waals surface area contributed by atoms with Gasteiger partial charge in [0.15, 0.2) is 5.76 Å². The van der Waals surface area contributed by atoms with Gasteiger partial charge in [0.25, 0.3) is 0 Å². The number of rotatable bonds is 7. The average Bonchev–Trinajstić information content (AvgIpc) is 3.13. The third-order valence-electron chi connectivity index (χ3n) is 3.68. The zero-order valence-electron chi connectivity index (χ0n) is 13.2. The molecule has 1 heterocycles. The predicted octanol–water partition coefficient (Wildman–Crippen LogP) is 4.17. The second-order valence-electron chi connectivity index (χ2n) is 5.43. The molecular weight excluding hydrogens is 302 g/mol. The van der Waals surface area contributed by atoms with Crippen molar-refractivity contribution in [1.29, 1.82) is 0 Å². The van der Waals surface area contributed by atoms with Crippen LogP contribution in [0, 0.1) is 5.21 Å². The van der Waals surface area contributed by atoms with Gasteiger partial charge < -0.3 is 14.4 Å². The summed E-state index contributed by atoms with van der Waals surface area (Å²) >= 11 is 0. The summed E-state index contributed by atoms with van der Waals surface area (Å²) in [6, 6.07) is 22.6. The van der Waals surface area contributed by atoms with Gasteiger partial charge in [-0.1, -0.05) is 60.7 Å². The first-order chi connectivity index (χ1) is 11.8. The molecule has 0 aliphatic rings. The Morgan fingerprint density at radius 1 is 0.958 bits per heavy atom. The zero-order valence-corrected chi connectivity index (χ0v) is 13.2. The minimum Gasteiger partial charge on any atom is -0.623 e. The van der Waals surface area contributed by atoms with E-state index in [1.54, 1.807) is 18.4 Å². The molecule has 4 heteroatoms. The Morgan fingerprint density at radius 2 is 1.67 bits per heavy atom. The fraction of sp³-hybridized carbons (Fsp3) is 0.150. The van der Waals surface area contributed by atoms with Crippen LogP contribution in [0.5, 0.6) is 0 Å². The molecule has 0 aliphatic carbocycles. The highest BCUT2D eigenvalue weighted by molar-refractivity contribution is 5.71. The summed E-state index contributed by atoms with van der Waals surface area (Å²) in [5, 5.41) is 12.6. The van der Waals surface area contributed by atoms with Crippen molar-refractivity contribution in [3.8, 4) is 0 Å². The molecule has 122 valence electrons. The maximum atomic E-state index is 12.6. The molecule has 4 nitrogen and oxygen atoms in total. The number of hydrogen-bond donors (Lipinski definition) is 0. The number of hydroxylamine groups is 1. The molecule has 3 rings (SSSR count). The molecule has 1 atom stereocenters. The first-order valence-corrected chi connectivity index (χ1v) is 7.83. The molecule has 0 bridgehead atoms. The van der Waals surface area contributed by atoms with Crippen molar-refractivity contribution in [2.24, 2.45) is 0 Å². The first kappa shape index (κ1) is 16.0. The zero-order chi connectivity index (χ0) is 16.6. The summed E-state index contributed by atoms with van der Waals surface area (Å²) in [5.74, 6) is 0.522. The van der Waals surface area contributed by atoms with Crippen molar-refractivity contribution in [2.45, 2.75) is 12.6 Å². The average molecular weight is 321 g/mol. The molecular formula is C20H19NO3. The van der Waals surface area contributed by atoms with Gasteiger partial charge in [-0.2, -0.15) is 4.74 Å². The lowest BCUT2D eigenvalue weighted by atomic mass is 10.1. The van der Waals surface area contributed by atoms with E-state index in [-0.39, 0.29) is 0 Å². The maximum absolute atomic E-state index is 12.6. The van der Waals surface area contributed by atoms with E-state index in [1.807, 2.05) is 60.7 Å². The van der Waals surface area contributed by atoms with Gasteiger partial charge in [-0.05, 0) is 17.7 Å². The molecule has 0 aliphatic heterocycles. The second-order valence-corrected chi connectivity index (χ2v) is 5.43. The lowest BCUT2D eigenvalue weighted by Crippen LogP contribution is -2.20. The summed E-state index contributed by atoms with van der Waals surface area (Å²) in [6.45, 7) is 0.762. The van der Waals surface area contributed by atoms with Crippen LogP contribution in [0.15, 0.2) is 83.5 Å². The van der Waals surface area contributed by atoms with Crippen LogP contribution < -0.4 is 0 Å². The number of benzene rings is 2. The summed E-state index contributed by atoms with van der Waals surface area (Å²) in [4.78, 5) is 0. The van der Waals surface area contributed by atoms with Crippen molar-refractivity contribution in [3.05, 3.63) is 101 Å². The Hall–Kier alpha value is -2.85. The van der Waals surface area contributed by atoms with Gasteiger partial charge in [0.05, 0.1) is 12.9 Å². The van der Waals surface area contributed by atoms with Crippen LogP contribution in [0.2, 0.25) is 0 Å². The van der Waals surface area contributed by atoms with Gasteiger partial charge in [0, 0.05) is 5.56 Å². The second kappa shape index (κ2) is 8.13. The molecule has 0 unspecified atom stereocenters. The van der Waals surface area contributed by atoms with Crippen molar-refractivity contribution < 1.29 is 13.9 Å². The van der Waals surface area contributed by atoms with Crippen molar-refractivity contribution in [1.82, 2.24) is 0 Å². The molecule has 0 fully saturated rings. The van der Waals surface area contributed by atoms with Gasteiger partial charge >= 0.3 is 0 Å². The van der Waals surface area contributed by atoms with Crippen molar-refractivity contribution in [3.63, 3.8) is 0 Å². The topological polar surface area (TPSA) is 48.4 Å². The summed E-state index contributed by atoms with van der Waals surface area (Å²) in [7, 11) is 0. The Balaban J connectivity index is 1.73. The number of ether oxygens (including phenoxy) is 1. The quantitative estimate of drug-likeness (QED) is 0.284. The fourth-order valence-electron chi connectivity index (χ4n) is 2.43. The van der Waals surface area contributed by atoms with E-state index in [4.69, 9.17) is 9.15 Å². The SMILES string of the molecule is [O-]/[N+](=C\c1ccco1)[C@@H](COCc1ccccc1)c1ccccc1. The van der Waals surface area contributed by atoms with E-state index in [9.17, 15) is 5.21 Å². The van der Waals surface area contributed by atoms with Gasteiger partial charge in [-0.3, -0.25) is 0 Å². The number of furan rings is 1. The Bertz CT molecular complexity index is 752. The lowest BCUT2D eigenvalue weighted by molar-refractivity contribution is -0.508. The normalized spacial score (nSPS) is 12.9. The molecule has 0 radical (unpaired) electrons. The molecule has 3 aromatic rings. The highest BCUT2D eigenvalue weighted by Gasteiger charge is 2.19. The predicted molar refractivity (Wildman–Crippen MR) is 92.8 cm³/mol. The maximum Gasteiger partial charge on any atom is 0.218 e. The fourth-order valence-corrected chi connectivity index (χ4v) is 2.43.